The normalized spacial score (nSPS) is 16.5. The average Bonchev–Trinajstić information content (AvgIpc) is 2.43. The lowest BCUT2D eigenvalue weighted by atomic mass is 10.1. The summed E-state index contributed by atoms with van der Waals surface area (Å²) >= 11 is 6.10. The fourth-order valence-electron chi connectivity index (χ4n) is 2.68. The van der Waals surface area contributed by atoms with Crippen LogP contribution in [0.2, 0.25) is 5.02 Å². The minimum absolute atomic E-state index is 0.715. The van der Waals surface area contributed by atoms with E-state index < -0.39 is 0 Å². The number of quaternary nitrogens is 1. The van der Waals surface area contributed by atoms with Crippen LogP contribution in [0.15, 0.2) is 18.2 Å². The number of halogens is 1. The van der Waals surface area contributed by atoms with Gasteiger partial charge in [0.2, 0.25) is 0 Å². The van der Waals surface area contributed by atoms with E-state index in [2.05, 4.69) is 6.92 Å². The van der Waals surface area contributed by atoms with Crippen LogP contribution in [0.3, 0.4) is 0 Å². The van der Waals surface area contributed by atoms with Gasteiger partial charge in [-0.15, -0.1) is 0 Å². The molecule has 1 heterocycles. The summed E-state index contributed by atoms with van der Waals surface area (Å²) in [4.78, 5) is 1.78. The molecule has 1 N–H and O–H groups in total. The SMILES string of the molecule is Cc1ccc(Cl)c(OCCCC[NH+]2CCCCC2)c1. The lowest BCUT2D eigenvalue weighted by Crippen LogP contribution is -3.12. The monoisotopic (exact) mass is 282 g/mol. The topological polar surface area (TPSA) is 13.7 Å². The Kier molecular flexibility index (Phi) is 5.99. The third kappa shape index (κ3) is 5.04. The van der Waals surface area contributed by atoms with Crippen LogP contribution in [-0.2, 0) is 0 Å². The molecule has 0 unspecified atom stereocenters. The Morgan fingerprint density at radius 2 is 1.95 bits per heavy atom. The molecule has 2 nitrogen and oxygen atoms in total. The van der Waals surface area contributed by atoms with Crippen molar-refractivity contribution in [2.24, 2.45) is 0 Å². The number of likely N-dealkylation sites (tertiary alicyclic amines) is 1. The number of rotatable bonds is 6. The van der Waals surface area contributed by atoms with E-state index in [0.717, 1.165) is 18.8 Å². The van der Waals surface area contributed by atoms with Gasteiger partial charge in [-0.3, -0.25) is 0 Å². The number of piperidine rings is 1. The molecule has 1 saturated heterocycles. The molecule has 0 saturated carbocycles. The third-order valence-corrected chi connectivity index (χ3v) is 4.14. The quantitative estimate of drug-likeness (QED) is 0.792. The summed E-state index contributed by atoms with van der Waals surface area (Å²) in [5.74, 6) is 0.826. The standard InChI is InChI=1S/C16H24ClNO/c1-14-7-8-15(17)16(13-14)19-12-6-5-11-18-9-3-2-4-10-18/h7-8,13H,2-6,9-12H2,1H3/p+1. The summed E-state index contributed by atoms with van der Waals surface area (Å²) < 4.78 is 5.77. The largest absolute Gasteiger partial charge is 0.492 e. The number of benzene rings is 1. The summed E-state index contributed by atoms with van der Waals surface area (Å²) in [7, 11) is 0. The Bertz CT molecular complexity index is 388. The van der Waals surface area contributed by atoms with Crippen LogP contribution in [0.25, 0.3) is 0 Å². The molecular formula is C16H25ClNO+. The molecule has 0 spiro atoms. The van der Waals surface area contributed by atoms with Crippen molar-refractivity contribution in [3.8, 4) is 5.75 Å². The van der Waals surface area contributed by atoms with Gasteiger partial charge in [0.1, 0.15) is 5.75 Å². The van der Waals surface area contributed by atoms with Gasteiger partial charge in [-0.25, -0.2) is 0 Å². The van der Waals surface area contributed by atoms with E-state index in [9.17, 15) is 0 Å². The van der Waals surface area contributed by atoms with Crippen molar-refractivity contribution in [2.45, 2.75) is 39.0 Å². The van der Waals surface area contributed by atoms with E-state index in [1.54, 1.807) is 4.90 Å². The van der Waals surface area contributed by atoms with Crippen LogP contribution in [-0.4, -0.2) is 26.2 Å². The van der Waals surface area contributed by atoms with Crippen LogP contribution in [0.5, 0.6) is 5.75 Å². The zero-order valence-corrected chi connectivity index (χ0v) is 12.6. The molecular weight excluding hydrogens is 258 g/mol. The highest BCUT2D eigenvalue weighted by atomic mass is 35.5. The predicted molar refractivity (Wildman–Crippen MR) is 80.3 cm³/mol. The lowest BCUT2D eigenvalue weighted by Gasteiger charge is -2.23. The Morgan fingerprint density at radius 3 is 2.74 bits per heavy atom. The molecule has 1 aliphatic heterocycles. The first-order chi connectivity index (χ1) is 9.25. The van der Waals surface area contributed by atoms with Gasteiger partial charge in [0.25, 0.3) is 0 Å². The zero-order valence-electron chi connectivity index (χ0n) is 11.9. The smallest absolute Gasteiger partial charge is 0.138 e. The second-order valence-corrected chi connectivity index (χ2v) is 5.96. The van der Waals surface area contributed by atoms with Gasteiger partial charge in [0, 0.05) is 0 Å². The zero-order chi connectivity index (χ0) is 13.5. The Labute approximate surface area is 121 Å². The van der Waals surface area contributed by atoms with Crippen molar-refractivity contribution >= 4 is 11.6 Å². The van der Waals surface area contributed by atoms with E-state index in [-0.39, 0.29) is 0 Å². The highest BCUT2D eigenvalue weighted by molar-refractivity contribution is 6.32. The number of aryl methyl sites for hydroxylation is 1. The van der Waals surface area contributed by atoms with Crippen LogP contribution >= 0.6 is 11.6 Å². The molecule has 1 aliphatic rings. The van der Waals surface area contributed by atoms with E-state index in [0.29, 0.717) is 5.02 Å². The maximum Gasteiger partial charge on any atom is 0.138 e. The maximum absolute atomic E-state index is 6.10. The number of ether oxygens (including phenoxy) is 1. The highest BCUT2D eigenvalue weighted by Crippen LogP contribution is 2.25. The van der Waals surface area contributed by atoms with Gasteiger partial charge in [0.05, 0.1) is 31.3 Å². The van der Waals surface area contributed by atoms with Gasteiger partial charge < -0.3 is 9.64 Å². The minimum atomic E-state index is 0.715. The van der Waals surface area contributed by atoms with Crippen LogP contribution in [0.4, 0.5) is 0 Å². The second-order valence-electron chi connectivity index (χ2n) is 5.55. The van der Waals surface area contributed by atoms with E-state index >= 15 is 0 Å². The molecule has 19 heavy (non-hydrogen) atoms. The first-order valence-corrected chi connectivity index (χ1v) is 7.86. The van der Waals surface area contributed by atoms with Crippen molar-refractivity contribution < 1.29 is 9.64 Å². The summed E-state index contributed by atoms with van der Waals surface area (Å²) in [6, 6.07) is 5.93. The molecule has 2 rings (SSSR count). The van der Waals surface area contributed by atoms with Gasteiger partial charge in [-0.2, -0.15) is 0 Å². The molecule has 0 aliphatic carbocycles. The predicted octanol–water partition coefficient (Wildman–Crippen LogP) is 2.88. The van der Waals surface area contributed by atoms with Gasteiger partial charge >= 0.3 is 0 Å². The summed E-state index contributed by atoms with van der Waals surface area (Å²) in [6.45, 7) is 6.86. The van der Waals surface area contributed by atoms with Crippen LogP contribution in [0.1, 0.15) is 37.7 Å². The Morgan fingerprint density at radius 1 is 1.16 bits per heavy atom. The number of hydrogen-bond donors (Lipinski definition) is 1. The van der Waals surface area contributed by atoms with Gasteiger partial charge in [-0.05, 0) is 56.7 Å². The molecule has 1 fully saturated rings. The molecule has 0 atom stereocenters. The maximum atomic E-state index is 6.10. The molecule has 3 heteroatoms. The Balaban J connectivity index is 1.62. The average molecular weight is 283 g/mol. The van der Waals surface area contributed by atoms with Crippen molar-refractivity contribution in [3.05, 3.63) is 28.8 Å². The van der Waals surface area contributed by atoms with Crippen LogP contribution < -0.4 is 9.64 Å². The first-order valence-electron chi connectivity index (χ1n) is 7.48. The minimum Gasteiger partial charge on any atom is -0.492 e. The highest BCUT2D eigenvalue weighted by Gasteiger charge is 2.12. The fraction of sp³-hybridized carbons (Fsp3) is 0.625. The van der Waals surface area contributed by atoms with Crippen LogP contribution in [0, 0.1) is 6.92 Å². The van der Waals surface area contributed by atoms with E-state index in [1.165, 1.54) is 50.9 Å². The summed E-state index contributed by atoms with van der Waals surface area (Å²) in [6.07, 6.45) is 6.61. The summed E-state index contributed by atoms with van der Waals surface area (Å²) in [5, 5.41) is 0.715. The Hall–Kier alpha value is -0.730. The van der Waals surface area contributed by atoms with Gasteiger partial charge in [-0.1, -0.05) is 17.7 Å². The van der Waals surface area contributed by atoms with Crippen molar-refractivity contribution in [1.82, 2.24) is 0 Å². The number of hydrogen-bond acceptors (Lipinski definition) is 1. The fourth-order valence-corrected chi connectivity index (χ4v) is 2.85. The molecule has 106 valence electrons. The molecule has 0 aromatic heterocycles. The number of unbranched alkanes of at least 4 members (excludes halogenated alkanes) is 1. The molecule has 0 bridgehead atoms. The second kappa shape index (κ2) is 7.76. The molecule has 1 aromatic carbocycles. The molecule has 0 radical (unpaired) electrons. The third-order valence-electron chi connectivity index (χ3n) is 3.83. The van der Waals surface area contributed by atoms with Crippen molar-refractivity contribution in [3.63, 3.8) is 0 Å². The molecule has 0 amide bonds. The first kappa shape index (κ1) is 14.7. The van der Waals surface area contributed by atoms with E-state index in [4.69, 9.17) is 16.3 Å². The number of nitrogens with one attached hydrogen (secondary N) is 1. The van der Waals surface area contributed by atoms with Crippen molar-refractivity contribution in [1.29, 1.82) is 0 Å². The summed E-state index contributed by atoms with van der Waals surface area (Å²) in [5.41, 5.74) is 1.19. The van der Waals surface area contributed by atoms with E-state index in [1.807, 2.05) is 18.2 Å². The van der Waals surface area contributed by atoms with Gasteiger partial charge in [0.15, 0.2) is 0 Å². The lowest BCUT2D eigenvalue weighted by molar-refractivity contribution is -0.905. The molecule has 1 aromatic rings. The van der Waals surface area contributed by atoms with Crippen molar-refractivity contribution in [2.75, 3.05) is 26.2 Å².